The van der Waals surface area contributed by atoms with Crippen molar-refractivity contribution in [2.75, 3.05) is 12.4 Å². The van der Waals surface area contributed by atoms with Crippen LogP contribution in [0.2, 0.25) is 10.0 Å². The molecule has 2 N–H and O–H groups in total. The molecule has 2 heterocycles. The van der Waals surface area contributed by atoms with E-state index in [0.717, 1.165) is 0 Å². The third kappa shape index (κ3) is 5.13. The highest BCUT2D eigenvalue weighted by atomic mass is 35.5. The maximum absolute atomic E-state index is 12.3. The summed E-state index contributed by atoms with van der Waals surface area (Å²) in [6.07, 6.45) is 0. The molecule has 0 radical (unpaired) electrons. The number of carbonyl (C=O) groups is 2. The van der Waals surface area contributed by atoms with E-state index in [0.29, 0.717) is 41.0 Å². The van der Waals surface area contributed by atoms with E-state index in [9.17, 15) is 9.59 Å². The predicted octanol–water partition coefficient (Wildman–Crippen LogP) is 4.58. The van der Waals surface area contributed by atoms with Gasteiger partial charge in [0.1, 0.15) is 0 Å². The molecule has 12 heteroatoms. The van der Waals surface area contributed by atoms with E-state index >= 15 is 0 Å². The minimum Gasteiger partial charge on any atom is -0.463 e. The van der Waals surface area contributed by atoms with Crippen molar-refractivity contribution in [3.63, 3.8) is 0 Å². The lowest BCUT2D eigenvalue weighted by atomic mass is 10.1. The zero-order valence-electron chi connectivity index (χ0n) is 15.3. The number of urea groups is 1. The van der Waals surface area contributed by atoms with Gasteiger partial charge in [-0.05, 0) is 44.3 Å². The molecule has 1 aromatic carbocycles. The van der Waals surface area contributed by atoms with Crippen molar-refractivity contribution in [3.05, 3.63) is 43.5 Å². The molecule has 154 valence electrons. The van der Waals surface area contributed by atoms with Crippen LogP contribution in [-0.2, 0) is 9.53 Å². The number of nitrogens with zero attached hydrogens (tertiary/aromatic N) is 2. The number of aromatic nitrogens is 2. The molecule has 1 unspecified atom stereocenters. The van der Waals surface area contributed by atoms with Crippen molar-refractivity contribution in [2.24, 2.45) is 0 Å². The summed E-state index contributed by atoms with van der Waals surface area (Å²) in [4.78, 5) is 24.2. The van der Waals surface area contributed by atoms with Crippen molar-refractivity contribution >= 4 is 70.5 Å². The molecule has 0 saturated carbocycles. The molecule has 1 aliphatic heterocycles. The van der Waals surface area contributed by atoms with Crippen LogP contribution in [-0.4, -0.2) is 40.2 Å². The van der Waals surface area contributed by atoms with Gasteiger partial charge in [0.25, 0.3) is 0 Å². The highest BCUT2D eigenvalue weighted by molar-refractivity contribution is 8.01. The fourth-order valence-corrected chi connectivity index (χ4v) is 5.25. The van der Waals surface area contributed by atoms with Gasteiger partial charge in [-0.2, -0.15) is 0 Å². The molecular weight excluding hydrogens is 475 g/mol. The summed E-state index contributed by atoms with van der Waals surface area (Å²) in [5.41, 5.74) is 1.58. The van der Waals surface area contributed by atoms with E-state index < -0.39 is 12.0 Å². The summed E-state index contributed by atoms with van der Waals surface area (Å²) in [6.45, 7) is 3.71. The first-order valence-electron chi connectivity index (χ1n) is 8.46. The molecule has 7 nitrogen and oxygen atoms in total. The second-order valence-electron chi connectivity index (χ2n) is 5.87. The number of hydrogen-bond acceptors (Lipinski definition) is 7. The fraction of sp³-hybridized carbons (Fsp3) is 0.294. The van der Waals surface area contributed by atoms with Gasteiger partial charge in [-0.1, -0.05) is 46.3 Å². The summed E-state index contributed by atoms with van der Waals surface area (Å²) < 4.78 is 7.92. The summed E-state index contributed by atoms with van der Waals surface area (Å²) >= 11 is 20.1. The summed E-state index contributed by atoms with van der Waals surface area (Å²) in [5, 5.41) is 10.7. The number of carbonyl (C=O) groups excluding carboxylic acids is 2. The largest absolute Gasteiger partial charge is 0.463 e. The highest BCUT2D eigenvalue weighted by Crippen LogP contribution is 2.29. The monoisotopic (exact) mass is 490 g/mol. The SMILES string of the molecule is CCOC(=O)C1=C(CSc2nn(-c3ccc(Cl)c(Cl)c3)c(=S)s2)NC(=O)NC1C. The zero-order chi connectivity index (χ0) is 21.1. The molecule has 0 bridgehead atoms. The van der Waals surface area contributed by atoms with Crippen LogP contribution in [0.1, 0.15) is 13.8 Å². The summed E-state index contributed by atoms with van der Waals surface area (Å²) in [5.74, 6) is -0.132. The quantitative estimate of drug-likeness (QED) is 0.350. The van der Waals surface area contributed by atoms with Crippen LogP contribution >= 0.6 is 58.5 Å². The van der Waals surface area contributed by atoms with Crippen LogP contribution in [0, 0.1) is 3.95 Å². The zero-order valence-corrected chi connectivity index (χ0v) is 19.3. The summed E-state index contributed by atoms with van der Waals surface area (Å²) in [6, 6.07) is 4.31. The number of nitrogens with one attached hydrogen (secondary N) is 2. The van der Waals surface area contributed by atoms with Gasteiger partial charge in [0, 0.05) is 11.4 Å². The van der Waals surface area contributed by atoms with E-state index in [1.807, 2.05) is 0 Å². The van der Waals surface area contributed by atoms with Gasteiger partial charge >= 0.3 is 12.0 Å². The van der Waals surface area contributed by atoms with E-state index in [1.165, 1.54) is 23.1 Å². The first-order chi connectivity index (χ1) is 13.8. The standard InChI is InChI=1S/C17H16Cl2N4O3S3/c1-3-26-14(24)13-8(2)20-15(25)21-12(13)7-28-16-22-23(17(27)29-16)9-4-5-10(18)11(19)6-9/h4-6,8H,3,7H2,1-2H3,(H2,20,21,25). The second-order valence-corrected chi connectivity index (χ2v) is 9.53. The van der Waals surface area contributed by atoms with E-state index in [-0.39, 0.29) is 12.6 Å². The van der Waals surface area contributed by atoms with Gasteiger partial charge in [0.2, 0.25) is 0 Å². The summed E-state index contributed by atoms with van der Waals surface area (Å²) in [7, 11) is 0. The number of ether oxygens (including phenoxy) is 1. The Labute approximate surface area is 190 Å². The molecule has 2 amide bonds. The van der Waals surface area contributed by atoms with Gasteiger partial charge in [0.05, 0.1) is 34.0 Å². The van der Waals surface area contributed by atoms with Crippen LogP contribution in [0.4, 0.5) is 4.79 Å². The maximum atomic E-state index is 12.3. The van der Waals surface area contributed by atoms with Crippen molar-refractivity contribution in [1.29, 1.82) is 0 Å². The van der Waals surface area contributed by atoms with E-state index in [4.69, 9.17) is 40.2 Å². The van der Waals surface area contributed by atoms with Crippen LogP contribution in [0.5, 0.6) is 0 Å². The normalized spacial score (nSPS) is 16.4. The topological polar surface area (TPSA) is 85.2 Å². The van der Waals surface area contributed by atoms with Crippen molar-refractivity contribution < 1.29 is 14.3 Å². The Bertz CT molecular complexity index is 1050. The minimum absolute atomic E-state index is 0.249. The van der Waals surface area contributed by atoms with Gasteiger partial charge in [-0.3, -0.25) is 0 Å². The number of benzene rings is 1. The van der Waals surface area contributed by atoms with Crippen molar-refractivity contribution in [3.8, 4) is 5.69 Å². The maximum Gasteiger partial charge on any atom is 0.337 e. The Morgan fingerprint density at radius 3 is 2.86 bits per heavy atom. The first kappa shape index (κ1) is 22.1. The fourth-order valence-electron chi connectivity index (χ4n) is 2.63. The van der Waals surface area contributed by atoms with Crippen molar-refractivity contribution in [1.82, 2.24) is 20.4 Å². The third-order valence-electron chi connectivity index (χ3n) is 3.88. The molecular formula is C17H16Cl2N4O3S3. The predicted molar refractivity (Wildman–Crippen MR) is 118 cm³/mol. The van der Waals surface area contributed by atoms with E-state index in [1.54, 1.807) is 36.7 Å². The average molecular weight is 491 g/mol. The minimum atomic E-state index is -0.461. The Hall–Kier alpha value is -1.59. The molecule has 3 rings (SSSR count). The lowest BCUT2D eigenvalue weighted by Crippen LogP contribution is -2.49. The molecule has 1 aliphatic rings. The van der Waals surface area contributed by atoms with Crippen molar-refractivity contribution in [2.45, 2.75) is 24.2 Å². The number of amides is 2. The van der Waals surface area contributed by atoms with Gasteiger partial charge < -0.3 is 15.4 Å². The Morgan fingerprint density at radius 1 is 1.41 bits per heavy atom. The number of thioether (sulfide) groups is 1. The van der Waals surface area contributed by atoms with Crippen LogP contribution in [0.25, 0.3) is 5.69 Å². The number of halogens is 2. The van der Waals surface area contributed by atoms with Crippen LogP contribution < -0.4 is 10.6 Å². The second kappa shape index (κ2) is 9.48. The van der Waals surface area contributed by atoms with Crippen LogP contribution in [0.15, 0.2) is 33.8 Å². The molecule has 0 saturated heterocycles. The van der Waals surface area contributed by atoms with Crippen LogP contribution in [0.3, 0.4) is 0 Å². The lowest BCUT2D eigenvalue weighted by molar-refractivity contribution is -0.138. The number of esters is 1. The van der Waals surface area contributed by atoms with Gasteiger partial charge in [0.15, 0.2) is 8.29 Å². The Morgan fingerprint density at radius 2 is 2.17 bits per heavy atom. The molecule has 0 fully saturated rings. The average Bonchev–Trinajstić information content (AvgIpc) is 3.02. The molecule has 0 aliphatic carbocycles. The molecule has 2 aromatic rings. The highest BCUT2D eigenvalue weighted by Gasteiger charge is 2.29. The molecule has 1 aromatic heterocycles. The van der Waals surface area contributed by atoms with Gasteiger partial charge in [-0.25, -0.2) is 14.3 Å². The number of hydrogen-bond donors (Lipinski definition) is 2. The Kier molecular flexibility index (Phi) is 7.23. The van der Waals surface area contributed by atoms with E-state index in [2.05, 4.69) is 15.7 Å². The third-order valence-corrected chi connectivity index (χ3v) is 7.01. The first-order valence-corrected chi connectivity index (χ1v) is 11.4. The number of rotatable bonds is 6. The molecule has 0 spiro atoms. The molecule has 1 atom stereocenters. The Balaban J connectivity index is 1.83. The molecule has 29 heavy (non-hydrogen) atoms. The van der Waals surface area contributed by atoms with Gasteiger partial charge in [-0.15, -0.1) is 5.10 Å². The lowest BCUT2D eigenvalue weighted by Gasteiger charge is -2.26. The smallest absolute Gasteiger partial charge is 0.337 e.